The number of unbranched alkanes of at least 4 members (excludes halogenated alkanes) is 2. The first-order valence-corrected chi connectivity index (χ1v) is 8.32. The van der Waals surface area contributed by atoms with Crippen LogP contribution in [0.1, 0.15) is 26.2 Å². The molecule has 0 atom stereocenters. The van der Waals surface area contributed by atoms with Crippen molar-refractivity contribution >= 4 is 22.8 Å². The number of nitrogens with one attached hydrogen (secondary N) is 1. The molecule has 0 fully saturated rings. The molecule has 0 saturated heterocycles. The van der Waals surface area contributed by atoms with E-state index >= 15 is 0 Å². The summed E-state index contributed by atoms with van der Waals surface area (Å²) in [4.78, 5) is 23.8. The van der Waals surface area contributed by atoms with Gasteiger partial charge in [0.1, 0.15) is 0 Å². The van der Waals surface area contributed by atoms with Gasteiger partial charge in [-0.15, -0.1) is 0 Å². The van der Waals surface area contributed by atoms with Crippen molar-refractivity contribution in [3.05, 3.63) is 39.9 Å². The number of H-pyrrole nitrogens is 1. The largest absolute Gasteiger partial charge is 0.481 e. The molecule has 0 aliphatic rings. The van der Waals surface area contributed by atoms with Gasteiger partial charge in [0.25, 0.3) is 0 Å². The van der Waals surface area contributed by atoms with E-state index in [9.17, 15) is 4.79 Å². The number of imidazole rings is 1. The lowest BCUT2D eigenvalue weighted by Crippen LogP contribution is -2.17. The molecule has 0 amide bonds. The molecule has 0 radical (unpaired) electrons. The van der Waals surface area contributed by atoms with Crippen LogP contribution in [0.5, 0.6) is 5.88 Å². The first-order chi connectivity index (χ1) is 11.7. The van der Waals surface area contributed by atoms with Gasteiger partial charge < -0.3 is 4.74 Å². The van der Waals surface area contributed by atoms with Crippen LogP contribution >= 0.6 is 11.6 Å². The van der Waals surface area contributed by atoms with Gasteiger partial charge in [0.15, 0.2) is 5.65 Å². The van der Waals surface area contributed by atoms with E-state index in [0.29, 0.717) is 39.9 Å². The lowest BCUT2D eigenvalue weighted by Gasteiger charge is -2.10. The maximum absolute atomic E-state index is 12.3. The number of aryl methyl sites for hydroxylation is 1. The van der Waals surface area contributed by atoms with Crippen molar-refractivity contribution in [2.75, 3.05) is 7.11 Å². The van der Waals surface area contributed by atoms with Crippen molar-refractivity contribution in [2.45, 2.75) is 32.7 Å². The summed E-state index contributed by atoms with van der Waals surface area (Å²) in [6, 6.07) is 5.45. The van der Waals surface area contributed by atoms with Crippen molar-refractivity contribution in [3.63, 3.8) is 0 Å². The maximum Gasteiger partial charge on any atom is 0.327 e. The van der Waals surface area contributed by atoms with Gasteiger partial charge >= 0.3 is 5.69 Å². The summed E-state index contributed by atoms with van der Waals surface area (Å²) in [5.74, 6) is 0.490. The fraction of sp³-hybridized carbons (Fsp3) is 0.353. The Hall–Kier alpha value is -2.34. The Bertz CT molecular complexity index is 917. The van der Waals surface area contributed by atoms with Gasteiger partial charge in [0, 0.05) is 24.4 Å². The lowest BCUT2D eigenvalue weighted by molar-refractivity contribution is 0.398. The first-order valence-electron chi connectivity index (χ1n) is 7.94. The van der Waals surface area contributed by atoms with E-state index in [4.69, 9.17) is 16.3 Å². The monoisotopic (exact) mass is 346 g/mol. The van der Waals surface area contributed by atoms with Crippen molar-refractivity contribution in [2.24, 2.45) is 0 Å². The quantitative estimate of drug-likeness (QED) is 0.691. The molecule has 6 nitrogen and oxygen atoms in total. The summed E-state index contributed by atoms with van der Waals surface area (Å²) in [6.45, 7) is 2.74. The van der Waals surface area contributed by atoms with Gasteiger partial charge in [-0.3, -0.25) is 9.55 Å². The van der Waals surface area contributed by atoms with E-state index in [2.05, 4.69) is 21.9 Å². The Morgan fingerprint density at radius 3 is 2.92 bits per heavy atom. The van der Waals surface area contributed by atoms with Crippen molar-refractivity contribution in [3.8, 4) is 17.1 Å². The molecule has 1 N–H and O–H groups in total. The zero-order valence-electron chi connectivity index (χ0n) is 13.7. The van der Waals surface area contributed by atoms with Gasteiger partial charge in [-0.2, -0.15) is 0 Å². The fourth-order valence-corrected chi connectivity index (χ4v) is 2.98. The van der Waals surface area contributed by atoms with E-state index < -0.39 is 0 Å². The molecule has 3 heterocycles. The zero-order valence-corrected chi connectivity index (χ0v) is 14.4. The highest BCUT2D eigenvalue weighted by molar-refractivity contribution is 6.34. The number of hydrogen-bond donors (Lipinski definition) is 1. The van der Waals surface area contributed by atoms with Crippen LogP contribution in [0.2, 0.25) is 5.02 Å². The highest BCUT2D eigenvalue weighted by Crippen LogP contribution is 2.33. The second-order valence-electron chi connectivity index (χ2n) is 5.53. The number of aromatic nitrogens is 4. The predicted octanol–water partition coefficient (Wildman–Crippen LogP) is 3.64. The fourth-order valence-electron chi connectivity index (χ4n) is 2.75. The summed E-state index contributed by atoms with van der Waals surface area (Å²) in [6.07, 6.45) is 4.59. The number of nitrogens with zero attached hydrogens (tertiary/aromatic N) is 3. The van der Waals surface area contributed by atoms with Crippen LogP contribution in [-0.4, -0.2) is 26.6 Å². The molecule has 0 aliphatic heterocycles. The number of halogens is 1. The summed E-state index contributed by atoms with van der Waals surface area (Å²) in [7, 11) is 1.56. The Kier molecular flexibility index (Phi) is 4.85. The summed E-state index contributed by atoms with van der Waals surface area (Å²) in [5.41, 5.74) is 2.36. The molecule has 3 aromatic heterocycles. The van der Waals surface area contributed by atoms with Crippen LogP contribution in [0.15, 0.2) is 29.2 Å². The Morgan fingerprint density at radius 2 is 2.17 bits per heavy atom. The van der Waals surface area contributed by atoms with Crippen LogP contribution in [-0.2, 0) is 6.54 Å². The molecule has 126 valence electrons. The Morgan fingerprint density at radius 1 is 1.33 bits per heavy atom. The number of rotatable bonds is 6. The SMILES string of the molecule is CCCCCn1c(=O)[nH]c2ncc(Cl)c(-c3cccc(OC)n3)c21. The van der Waals surface area contributed by atoms with Gasteiger partial charge in [0.2, 0.25) is 5.88 Å². The summed E-state index contributed by atoms with van der Waals surface area (Å²) in [5, 5.41) is 0.450. The van der Waals surface area contributed by atoms with Crippen LogP contribution in [0.3, 0.4) is 0 Å². The molecular formula is C17H19ClN4O2. The van der Waals surface area contributed by atoms with Gasteiger partial charge in [0.05, 0.1) is 23.3 Å². The second-order valence-corrected chi connectivity index (χ2v) is 5.94. The molecule has 0 aliphatic carbocycles. The third-order valence-electron chi connectivity index (χ3n) is 3.92. The predicted molar refractivity (Wildman–Crippen MR) is 94.7 cm³/mol. The third-order valence-corrected chi connectivity index (χ3v) is 4.21. The number of ether oxygens (including phenoxy) is 1. The van der Waals surface area contributed by atoms with Crippen molar-refractivity contribution < 1.29 is 4.74 Å². The first kappa shape index (κ1) is 16.5. The molecule has 3 aromatic rings. The van der Waals surface area contributed by atoms with Crippen molar-refractivity contribution in [1.82, 2.24) is 19.5 Å². The minimum absolute atomic E-state index is 0.181. The topological polar surface area (TPSA) is 72.8 Å². The highest BCUT2D eigenvalue weighted by atomic mass is 35.5. The molecule has 0 saturated carbocycles. The number of hydrogen-bond acceptors (Lipinski definition) is 4. The van der Waals surface area contributed by atoms with Crippen LogP contribution in [0.4, 0.5) is 0 Å². The van der Waals surface area contributed by atoms with Crippen molar-refractivity contribution in [1.29, 1.82) is 0 Å². The summed E-state index contributed by atoms with van der Waals surface area (Å²) < 4.78 is 6.89. The number of fused-ring (bicyclic) bond motifs is 1. The molecule has 7 heteroatoms. The summed E-state index contributed by atoms with van der Waals surface area (Å²) >= 11 is 6.40. The van der Waals surface area contributed by atoms with Crippen LogP contribution < -0.4 is 10.4 Å². The minimum atomic E-state index is -0.181. The zero-order chi connectivity index (χ0) is 17.1. The lowest BCUT2D eigenvalue weighted by atomic mass is 10.1. The average molecular weight is 347 g/mol. The molecule has 0 bridgehead atoms. The smallest absolute Gasteiger partial charge is 0.327 e. The molecule has 3 rings (SSSR count). The number of aromatic amines is 1. The average Bonchev–Trinajstić information content (AvgIpc) is 2.91. The van der Waals surface area contributed by atoms with E-state index in [1.54, 1.807) is 17.7 Å². The number of pyridine rings is 2. The van der Waals surface area contributed by atoms with E-state index in [0.717, 1.165) is 19.3 Å². The number of methoxy groups -OCH3 is 1. The molecule has 0 spiro atoms. The van der Waals surface area contributed by atoms with Gasteiger partial charge in [-0.25, -0.2) is 14.8 Å². The normalized spacial score (nSPS) is 11.1. The van der Waals surface area contributed by atoms with Gasteiger partial charge in [-0.05, 0) is 12.5 Å². The second kappa shape index (κ2) is 7.05. The Labute approximate surface area is 144 Å². The van der Waals surface area contributed by atoms with E-state index in [-0.39, 0.29) is 5.69 Å². The van der Waals surface area contributed by atoms with E-state index in [1.165, 1.54) is 6.20 Å². The standard InChI is InChI=1S/C17H19ClN4O2/c1-3-4-5-9-22-15-14(12-7-6-8-13(20-12)24-2)11(18)10-19-16(15)21-17(22)23/h6-8,10H,3-5,9H2,1-2H3,(H,19,21,23). The molecule has 0 unspecified atom stereocenters. The third kappa shape index (κ3) is 3.01. The highest BCUT2D eigenvalue weighted by Gasteiger charge is 2.18. The molecule has 24 heavy (non-hydrogen) atoms. The maximum atomic E-state index is 12.3. The minimum Gasteiger partial charge on any atom is -0.481 e. The Balaban J connectivity index is 2.22. The molecular weight excluding hydrogens is 328 g/mol. The van der Waals surface area contributed by atoms with Crippen LogP contribution in [0, 0.1) is 0 Å². The molecule has 0 aromatic carbocycles. The van der Waals surface area contributed by atoms with Crippen LogP contribution in [0.25, 0.3) is 22.4 Å². The van der Waals surface area contributed by atoms with E-state index in [1.807, 2.05) is 12.1 Å². The van der Waals surface area contributed by atoms with Gasteiger partial charge in [-0.1, -0.05) is 37.4 Å².